The molecule has 6 rings (SSSR count). The standard InChI is InChI=1S/C31H31N5O5S/c1-22-21-40-19-18-36(22)27-20-26(31(15-7-16-31)42(38,39)28-10-5-6-17-32-28)34-29(35-27)23-11-13-24(14-12-23)33-30(37)41-25-8-3-2-4-9-25/h2-6,8-14,17,20,22H,7,15-16,18-19,21H2,1H3,(H,33,37)/t22-/m0/s1. The van der Waals surface area contributed by atoms with Crippen molar-refractivity contribution in [3.63, 3.8) is 0 Å². The molecule has 0 radical (unpaired) electrons. The zero-order chi connectivity index (χ0) is 29.2. The van der Waals surface area contributed by atoms with Gasteiger partial charge in [0.1, 0.15) is 16.3 Å². The third-order valence-corrected chi connectivity index (χ3v) is 10.2. The Hall–Kier alpha value is -4.35. The lowest BCUT2D eigenvalue weighted by Crippen LogP contribution is -2.46. The van der Waals surface area contributed by atoms with Crippen molar-refractivity contribution < 1.29 is 22.7 Å². The number of sulfone groups is 1. The third kappa shape index (κ3) is 5.33. The molecule has 4 aromatic rings. The molecule has 216 valence electrons. The minimum atomic E-state index is -3.83. The first-order valence-electron chi connectivity index (χ1n) is 13.9. The van der Waals surface area contributed by atoms with Crippen LogP contribution in [0.15, 0.2) is 90.1 Å². The molecule has 2 aliphatic rings. The van der Waals surface area contributed by atoms with Crippen LogP contribution in [-0.4, -0.2) is 55.3 Å². The number of hydrogen-bond acceptors (Lipinski definition) is 9. The predicted octanol–water partition coefficient (Wildman–Crippen LogP) is 5.23. The van der Waals surface area contributed by atoms with Gasteiger partial charge in [0.25, 0.3) is 0 Å². The van der Waals surface area contributed by atoms with Crippen molar-refractivity contribution in [2.45, 2.75) is 42.0 Å². The van der Waals surface area contributed by atoms with Crippen LogP contribution in [0.25, 0.3) is 11.4 Å². The van der Waals surface area contributed by atoms with Crippen LogP contribution < -0.4 is 15.0 Å². The summed E-state index contributed by atoms with van der Waals surface area (Å²) >= 11 is 0. The molecule has 1 saturated heterocycles. The summed E-state index contributed by atoms with van der Waals surface area (Å²) in [4.78, 5) is 28.4. The summed E-state index contributed by atoms with van der Waals surface area (Å²) in [5.41, 5.74) is 1.68. The highest BCUT2D eigenvalue weighted by Crippen LogP contribution is 2.50. The number of anilines is 2. The van der Waals surface area contributed by atoms with Crippen molar-refractivity contribution >= 4 is 27.4 Å². The first-order chi connectivity index (χ1) is 20.4. The molecule has 1 amide bonds. The maximum Gasteiger partial charge on any atom is 0.417 e. The first kappa shape index (κ1) is 27.8. The van der Waals surface area contributed by atoms with Crippen molar-refractivity contribution in [2.75, 3.05) is 30.0 Å². The summed E-state index contributed by atoms with van der Waals surface area (Å²) in [5.74, 6) is 1.50. The van der Waals surface area contributed by atoms with Gasteiger partial charge in [-0.05, 0) is 74.7 Å². The largest absolute Gasteiger partial charge is 0.417 e. The number of hydrogen-bond donors (Lipinski definition) is 1. The van der Waals surface area contributed by atoms with E-state index >= 15 is 0 Å². The topological polar surface area (TPSA) is 124 Å². The van der Waals surface area contributed by atoms with Gasteiger partial charge in [-0.3, -0.25) is 5.32 Å². The highest BCUT2D eigenvalue weighted by Gasteiger charge is 2.53. The van der Waals surface area contributed by atoms with Gasteiger partial charge in [0, 0.05) is 30.1 Å². The molecule has 0 spiro atoms. The van der Waals surface area contributed by atoms with E-state index in [9.17, 15) is 13.2 Å². The number of pyridine rings is 1. The average Bonchev–Trinajstić information content (AvgIpc) is 2.98. The lowest BCUT2D eigenvalue weighted by molar-refractivity contribution is 0.0985. The lowest BCUT2D eigenvalue weighted by Gasteiger charge is -2.41. The highest BCUT2D eigenvalue weighted by molar-refractivity contribution is 7.92. The molecule has 2 fully saturated rings. The van der Waals surface area contributed by atoms with Crippen LogP contribution in [0, 0.1) is 0 Å². The van der Waals surface area contributed by atoms with Crippen LogP contribution in [0.1, 0.15) is 31.9 Å². The van der Waals surface area contributed by atoms with E-state index in [4.69, 9.17) is 19.4 Å². The number of nitrogens with one attached hydrogen (secondary N) is 1. The van der Waals surface area contributed by atoms with E-state index in [-0.39, 0.29) is 11.1 Å². The van der Waals surface area contributed by atoms with E-state index in [1.165, 1.54) is 12.3 Å². The molecular formula is C31H31N5O5S. The Bertz CT molecular complexity index is 1660. The number of carbonyl (C=O) groups excluding carboxylic acids is 1. The maximum absolute atomic E-state index is 14.0. The van der Waals surface area contributed by atoms with Gasteiger partial charge in [0.2, 0.25) is 9.84 Å². The zero-order valence-corrected chi connectivity index (χ0v) is 24.0. The molecule has 0 unspecified atom stereocenters. The molecule has 1 atom stereocenters. The second kappa shape index (κ2) is 11.5. The number of morpholine rings is 1. The number of carbonyl (C=O) groups is 1. The van der Waals surface area contributed by atoms with Gasteiger partial charge in [-0.25, -0.2) is 28.2 Å². The number of nitrogens with zero attached hydrogens (tertiary/aromatic N) is 4. The van der Waals surface area contributed by atoms with Crippen molar-refractivity contribution in [3.05, 3.63) is 90.8 Å². The first-order valence-corrected chi connectivity index (χ1v) is 15.4. The number of benzene rings is 2. The van der Waals surface area contributed by atoms with E-state index in [1.807, 2.05) is 12.1 Å². The highest BCUT2D eigenvalue weighted by atomic mass is 32.2. The Morgan fingerprint density at radius 3 is 2.45 bits per heavy atom. The van der Waals surface area contributed by atoms with Gasteiger partial charge in [-0.2, -0.15) is 0 Å². The minimum Gasteiger partial charge on any atom is -0.410 e. The normalized spacial score (nSPS) is 18.1. The van der Waals surface area contributed by atoms with E-state index in [0.717, 1.165) is 6.42 Å². The van der Waals surface area contributed by atoms with Crippen LogP contribution in [0.5, 0.6) is 5.75 Å². The molecule has 42 heavy (non-hydrogen) atoms. The second-order valence-electron chi connectivity index (χ2n) is 10.5. The fourth-order valence-electron chi connectivity index (χ4n) is 5.32. The van der Waals surface area contributed by atoms with Crippen LogP contribution in [0.2, 0.25) is 0 Å². The van der Waals surface area contributed by atoms with Gasteiger partial charge < -0.3 is 14.4 Å². The van der Waals surface area contributed by atoms with E-state index < -0.39 is 20.7 Å². The number of aromatic nitrogens is 3. The van der Waals surface area contributed by atoms with Crippen molar-refractivity contribution in [1.82, 2.24) is 15.0 Å². The van der Waals surface area contributed by atoms with Gasteiger partial charge in [-0.1, -0.05) is 24.3 Å². The molecule has 1 aliphatic heterocycles. The molecule has 2 aromatic heterocycles. The van der Waals surface area contributed by atoms with Crippen LogP contribution in [0.3, 0.4) is 0 Å². The van der Waals surface area contributed by atoms with Crippen molar-refractivity contribution in [3.8, 4) is 17.1 Å². The fraction of sp³-hybridized carbons (Fsp3) is 0.290. The maximum atomic E-state index is 14.0. The Morgan fingerprint density at radius 1 is 1.02 bits per heavy atom. The summed E-state index contributed by atoms with van der Waals surface area (Å²) < 4.78 is 37.8. The summed E-state index contributed by atoms with van der Waals surface area (Å²) in [6.45, 7) is 3.78. The summed E-state index contributed by atoms with van der Waals surface area (Å²) in [5, 5.41) is 2.76. The molecule has 0 bridgehead atoms. The molecule has 10 nitrogen and oxygen atoms in total. The molecular weight excluding hydrogens is 554 g/mol. The number of rotatable bonds is 7. The Labute approximate surface area is 244 Å². The number of amides is 1. The van der Waals surface area contributed by atoms with E-state index in [2.05, 4.69) is 22.1 Å². The van der Waals surface area contributed by atoms with Gasteiger partial charge >= 0.3 is 6.09 Å². The number of para-hydroxylation sites is 1. The quantitative estimate of drug-likeness (QED) is 0.311. The van der Waals surface area contributed by atoms with Crippen LogP contribution in [-0.2, 0) is 19.3 Å². The zero-order valence-electron chi connectivity index (χ0n) is 23.1. The molecule has 2 aromatic carbocycles. The predicted molar refractivity (Wildman–Crippen MR) is 158 cm³/mol. The fourth-order valence-corrected chi connectivity index (χ4v) is 7.38. The van der Waals surface area contributed by atoms with Gasteiger partial charge in [0.05, 0.1) is 24.9 Å². The molecule has 1 N–H and O–H groups in total. The van der Waals surface area contributed by atoms with Crippen molar-refractivity contribution in [2.24, 2.45) is 0 Å². The molecule has 11 heteroatoms. The summed E-state index contributed by atoms with van der Waals surface area (Å²) in [7, 11) is -3.83. The molecule has 1 saturated carbocycles. The average molecular weight is 586 g/mol. The minimum absolute atomic E-state index is 0.0453. The van der Waals surface area contributed by atoms with E-state index in [1.54, 1.807) is 60.7 Å². The van der Waals surface area contributed by atoms with Crippen LogP contribution in [0.4, 0.5) is 16.3 Å². The van der Waals surface area contributed by atoms with Crippen LogP contribution >= 0.6 is 0 Å². The Kier molecular flexibility index (Phi) is 7.61. The summed E-state index contributed by atoms with van der Waals surface area (Å²) in [6, 6.07) is 22.7. The Balaban J connectivity index is 1.35. The lowest BCUT2D eigenvalue weighted by atomic mass is 9.81. The van der Waals surface area contributed by atoms with Crippen molar-refractivity contribution in [1.29, 1.82) is 0 Å². The monoisotopic (exact) mass is 585 g/mol. The van der Waals surface area contributed by atoms with Gasteiger partial charge in [-0.15, -0.1) is 0 Å². The second-order valence-corrected chi connectivity index (χ2v) is 12.7. The smallest absolute Gasteiger partial charge is 0.410 e. The molecule has 3 heterocycles. The van der Waals surface area contributed by atoms with E-state index in [0.29, 0.717) is 66.9 Å². The van der Waals surface area contributed by atoms with Gasteiger partial charge in [0.15, 0.2) is 10.9 Å². The molecule has 1 aliphatic carbocycles. The third-order valence-electron chi connectivity index (χ3n) is 7.77. The summed E-state index contributed by atoms with van der Waals surface area (Å²) in [6.07, 6.45) is 2.56. The SMILES string of the molecule is C[C@H]1COCCN1c1cc(C2(S(=O)(=O)c3ccccn3)CCC2)nc(-c2ccc(NC(=O)Oc3ccccc3)cc2)n1. The number of ether oxygens (including phenoxy) is 2. The Morgan fingerprint density at radius 2 is 1.79 bits per heavy atom.